The summed E-state index contributed by atoms with van der Waals surface area (Å²) in [6, 6.07) is 24.9. The highest BCUT2D eigenvalue weighted by molar-refractivity contribution is 5.77. The Balaban J connectivity index is 1.29. The Labute approximate surface area is 220 Å². The van der Waals surface area contributed by atoms with Crippen molar-refractivity contribution in [2.24, 2.45) is 0 Å². The van der Waals surface area contributed by atoms with E-state index in [1.165, 1.54) is 16.7 Å². The highest BCUT2D eigenvalue weighted by Crippen LogP contribution is 2.27. The molecule has 194 valence electrons. The number of hydrogen-bond donors (Lipinski definition) is 1. The normalized spacial score (nSPS) is 11.2. The Hall–Kier alpha value is -3.60. The summed E-state index contributed by atoms with van der Waals surface area (Å²) in [4.78, 5) is 17.2. The van der Waals surface area contributed by atoms with Crippen LogP contribution in [0.1, 0.15) is 61.5 Å². The molecule has 0 spiro atoms. The van der Waals surface area contributed by atoms with E-state index >= 15 is 0 Å². The molecule has 0 saturated heterocycles. The molecule has 0 bridgehead atoms. The molecule has 37 heavy (non-hydrogen) atoms. The number of amides is 1. The Bertz CT molecular complexity index is 1290. The first-order valence-corrected chi connectivity index (χ1v) is 13.5. The van der Waals surface area contributed by atoms with Gasteiger partial charge in [-0.25, -0.2) is 4.98 Å². The second-order valence-electron chi connectivity index (χ2n) is 10.0. The van der Waals surface area contributed by atoms with E-state index in [4.69, 9.17) is 9.72 Å². The van der Waals surface area contributed by atoms with Gasteiger partial charge in [0.1, 0.15) is 11.6 Å². The lowest BCUT2D eigenvalue weighted by Crippen LogP contribution is -2.26. The van der Waals surface area contributed by atoms with Gasteiger partial charge in [-0.2, -0.15) is 0 Å². The fourth-order valence-electron chi connectivity index (χ4n) is 4.67. The zero-order valence-electron chi connectivity index (χ0n) is 22.4. The number of fused-ring (bicyclic) bond motifs is 1. The summed E-state index contributed by atoms with van der Waals surface area (Å²) in [6.07, 6.45) is 3.94. The number of imidazole rings is 1. The molecule has 0 saturated carbocycles. The van der Waals surface area contributed by atoms with Crippen LogP contribution in [0.15, 0.2) is 72.8 Å². The molecule has 1 N–H and O–H groups in total. The van der Waals surface area contributed by atoms with Crippen molar-refractivity contribution in [1.82, 2.24) is 14.9 Å². The van der Waals surface area contributed by atoms with Crippen LogP contribution >= 0.6 is 0 Å². The standard InChI is InChI=1S/C32H39N3O2/c1-24(2)27-17-15-25(3)23-30(27)37-22-10-9-21-35-29-14-8-7-13-28(29)34-31(35)19-20-33-32(36)18-16-26-11-5-4-6-12-26/h4-8,11-15,17,23-24H,9-10,16,18-22H2,1-3H3,(H,33,36). The van der Waals surface area contributed by atoms with Gasteiger partial charge in [-0.1, -0.05) is 68.4 Å². The molecule has 5 nitrogen and oxygen atoms in total. The largest absolute Gasteiger partial charge is 0.493 e. The highest BCUT2D eigenvalue weighted by atomic mass is 16.5. The number of nitrogens with one attached hydrogen (secondary N) is 1. The van der Waals surface area contributed by atoms with Crippen molar-refractivity contribution in [3.8, 4) is 5.75 Å². The summed E-state index contributed by atoms with van der Waals surface area (Å²) >= 11 is 0. The summed E-state index contributed by atoms with van der Waals surface area (Å²) in [7, 11) is 0. The fraction of sp³-hybridized carbons (Fsp3) is 0.375. The number of rotatable bonds is 13. The van der Waals surface area contributed by atoms with E-state index in [0.717, 1.165) is 48.4 Å². The molecule has 0 aliphatic carbocycles. The first-order chi connectivity index (χ1) is 18.0. The Morgan fingerprint density at radius 3 is 2.57 bits per heavy atom. The minimum absolute atomic E-state index is 0.0839. The number of carbonyl (C=O) groups excluding carboxylic acids is 1. The molecule has 4 rings (SSSR count). The number of carbonyl (C=O) groups is 1. The first kappa shape index (κ1) is 26.5. The van der Waals surface area contributed by atoms with E-state index in [1.807, 2.05) is 24.3 Å². The van der Waals surface area contributed by atoms with Crippen LogP contribution in [0.4, 0.5) is 0 Å². The van der Waals surface area contributed by atoms with Crippen LogP contribution in [0.3, 0.4) is 0 Å². The van der Waals surface area contributed by atoms with Gasteiger partial charge in [0.25, 0.3) is 0 Å². The SMILES string of the molecule is Cc1ccc(C(C)C)c(OCCCCn2c(CCNC(=O)CCc3ccccc3)nc3ccccc32)c1. The number of benzene rings is 3. The van der Waals surface area contributed by atoms with E-state index in [9.17, 15) is 4.79 Å². The van der Waals surface area contributed by atoms with Crippen molar-refractivity contribution in [3.05, 3.63) is 95.3 Å². The Morgan fingerprint density at radius 1 is 0.973 bits per heavy atom. The molecule has 1 aromatic heterocycles. The van der Waals surface area contributed by atoms with Crippen LogP contribution in [-0.4, -0.2) is 28.6 Å². The van der Waals surface area contributed by atoms with Crippen molar-refractivity contribution in [2.75, 3.05) is 13.2 Å². The van der Waals surface area contributed by atoms with Crippen LogP contribution in [-0.2, 0) is 24.2 Å². The topological polar surface area (TPSA) is 56.1 Å². The zero-order chi connectivity index (χ0) is 26.0. The molecule has 0 fully saturated rings. The van der Waals surface area contributed by atoms with Gasteiger partial charge in [0.15, 0.2) is 0 Å². The molecule has 0 aliphatic heterocycles. The zero-order valence-corrected chi connectivity index (χ0v) is 22.4. The van der Waals surface area contributed by atoms with Crippen LogP contribution in [0, 0.1) is 6.92 Å². The van der Waals surface area contributed by atoms with Gasteiger partial charge in [0, 0.05) is 25.9 Å². The molecule has 0 atom stereocenters. The van der Waals surface area contributed by atoms with Crippen molar-refractivity contribution in [3.63, 3.8) is 0 Å². The van der Waals surface area contributed by atoms with E-state index in [0.29, 0.717) is 31.9 Å². The lowest BCUT2D eigenvalue weighted by molar-refractivity contribution is -0.121. The quantitative estimate of drug-likeness (QED) is 0.211. The fourth-order valence-corrected chi connectivity index (χ4v) is 4.67. The van der Waals surface area contributed by atoms with E-state index < -0.39 is 0 Å². The monoisotopic (exact) mass is 497 g/mol. The van der Waals surface area contributed by atoms with E-state index in [-0.39, 0.29) is 5.91 Å². The van der Waals surface area contributed by atoms with Gasteiger partial charge in [0.2, 0.25) is 5.91 Å². The van der Waals surface area contributed by atoms with Gasteiger partial charge in [-0.15, -0.1) is 0 Å². The van der Waals surface area contributed by atoms with E-state index in [2.05, 4.69) is 79.2 Å². The molecular formula is C32H39N3O2. The van der Waals surface area contributed by atoms with Crippen LogP contribution < -0.4 is 10.1 Å². The van der Waals surface area contributed by atoms with Gasteiger partial charge >= 0.3 is 0 Å². The van der Waals surface area contributed by atoms with Crippen molar-refractivity contribution >= 4 is 16.9 Å². The van der Waals surface area contributed by atoms with Gasteiger partial charge < -0.3 is 14.6 Å². The number of ether oxygens (including phenoxy) is 1. The van der Waals surface area contributed by atoms with Crippen LogP contribution in [0.25, 0.3) is 11.0 Å². The van der Waals surface area contributed by atoms with Crippen LogP contribution in [0.2, 0.25) is 0 Å². The van der Waals surface area contributed by atoms with Crippen molar-refractivity contribution < 1.29 is 9.53 Å². The number of unbranched alkanes of at least 4 members (excludes halogenated alkanes) is 1. The summed E-state index contributed by atoms with van der Waals surface area (Å²) in [5.74, 6) is 2.55. The molecule has 5 heteroatoms. The summed E-state index contributed by atoms with van der Waals surface area (Å²) < 4.78 is 8.49. The number of aryl methyl sites for hydroxylation is 3. The summed E-state index contributed by atoms with van der Waals surface area (Å²) in [6.45, 7) is 8.68. The molecule has 4 aromatic rings. The maximum Gasteiger partial charge on any atom is 0.220 e. The highest BCUT2D eigenvalue weighted by Gasteiger charge is 2.12. The second kappa shape index (κ2) is 13.1. The maximum absolute atomic E-state index is 12.4. The second-order valence-corrected chi connectivity index (χ2v) is 10.0. The van der Waals surface area contributed by atoms with Crippen molar-refractivity contribution in [1.29, 1.82) is 0 Å². The lowest BCUT2D eigenvalue weighted by atomic mass is 10.0. The minimum atomic E-state index is 0.0839. The predicted molar refractivity (Wildman–Crippen MR) is 151 cm³/mol. The van der Waals surface area contributed by atoms with E-state index in [1.54, 1.807) is 0 Å². The minimum Gasteiger partial charge on any atom is -0.493 e. The number of nitrogens with zero attached hydrogens (tertiary/aromatic N) is 2. The van der Waals surface area contributed by atoms with Crippen molar-refractivity contribution in [2.45, 2.75) is 65.3 Å². The molecule has 1 heterocycles. The van der Waals surface area contributed by atoms with Gasteiger partial charge in [-0.05, 0) is 67.0 Å². The molecule has 3 aromatic carbocycles. The number of hydrogen-bond acceptors (Lipinski definition) is 3. The van der Waals surface area contributed by atoms with Gasteiger partial charge in [0.05, 0.1) is 17.6 Å². The molecular weight excluding hydrogens is 458 g/mol. The third-order valence-electron chi connectivity index (χ3n) is 6.71. The number of para-hydroxylation sites is 2. The first-order valence-electron chi connectivity index (χ1n) is 13.5. The maximum atomic E-state index is 12.4. The predicted octanol–water partition coefficient (Wildman–Crippen LogP) is 6.62. The average Bonchev–Trinajstić information content (AvgIpc) is 3.25. The molecule has 0 unspecified atom stereocenters. The summed E-state index contributed by atoms with van der Waals surface area (Å²) in [5, 5.41) is 3.07. The molecule has 1 amide bonds. The van der Waals surface area contributed by atoms with Crippen LogP contribution in [0.5, 0.6) is 5.75 Å². The summed E-state index contributed by atoms with van der Waals surface area (Å²) in [5.41, 5.74) is 5.83. The smallest absolute Gasteiger partial charge is 0.220 e. The molecule has 0 radical (unpaired) electrons. The number of aromatic nitrogens is 2. The molecule has 0 aliphatic rings. The third kappa shape index (κ3) is 7.45. The third-order valence-corrected chi connectivity index (χ3v) is 6.71. The average molecular weight is 498 g/mol. The Morgan fingerprint density at radius 2 is 1.76 bits per heavy atom. The van der Waals surface area contributed by atoms with Gasteiger partial charge in [-0.3, -0.25) is 4.79 Å². The lowest BCUT2D eigenvalue weighted by Gasteiger charge is -2.15. The Kier molecular flexibility index (Phi) is 9.36.